The van der Waals surface area contributed by atoms with E-state index in [9.17, 15) is 9.59 Å². The molecule has 0 heterocycles. The normalized spacial score (nSPS) is 9.40. The average Bonchev–Trinajstić information content (AvgIpc) is 2.46. The molecule has 4 nitrogen and oxygen atoms in total. The summed E-state index contributed by atoms with van der Waals surface area (Å²) in [5.74, 6) is 3.59. The van der Waals surface area contributed by atoms with Gasteiger partial charge in [0.2, 0.25) is 11.6 Å². The molecule has 0 amide bonds. The van der Waals surface area contributed by atoms with Gasteiger partial charge in [-0.25, -0.2) is 0 Å². The SMILES string of the molecule is O=C(C#CC(=O)c1ccc(O)cc1)c1ccc(O)cc1. The smallest absolute Gasteiger partial charge is 0.236 e. The van der Waals surface area contributed by atoms with E-state index in [0.717, 1.165) is 0 Å². The number of carbonyl (C=O) groups excluding carboxylic acids is 2. The Morgan fingerprint density at radius 1 is 0.650 bits per heavy atom. The minimum Gasteiger partial charge on any atom is -0.508 e. The van der Waals surface area contributed by atoms with Crippen molar-refractivity contribution in [2.75, 3.05) is 0 Å². The van der Waals surface area contributed by atoms with Crippen LogP contribution >= 0.6 is 0 Å². The summed E-state index contributed by atoms with van der Waals surface area (Å²) in [7, 11) is 0. The van der Waals surface area contributed by atoms with Crippen molar-refractivity contribution >= 4 is 11.6 Å². The van der Waals surface area contributed by atoms with Gasteiger partial charge in [0.05, 0.1) is 0 Å². The van der Waals surface area contributed by atoms with Gasteiger partial charge in [0, 0.05) is 11.1 Å². The van der Waals surface area contributed by atoms with Crippen molar-refractivity contribution in [3.63, 3.8) is 0 Å². The third-order valence-corrected chi connectivity index (χ3v) is 2.55. The fourth-order valence-electron chi connectivity index (χ4n) is 1.48. The van der Waals surface area contributed by atoms with Crippen LogP contribution in [-0.2, 0) is 0 Å². The molecule has 2 N–H and O–H groups in total. The molecule has 0 fully saturated rings. The number of aromatic hydroxyl groups is 2. The lowest BCUT2D eigenvalue weighted by atomic mass is 10.1. The Morgan fingerprint density at radius 2 is 0.950 bits per heavy atom. The maximum Gasteiger partial charge on any atom is 0.236 e. The molecule has 0 saturated carbocycles. The van der Waals surface area contributed by atoms with E-state index in [1.807, 2.05) is 0 Å². The maximum absolute atomic E-state index is 11.7. The van der Waals surface area contributed by atoms with Crippen LogP contribution in [-0.4, -0.2) is 21.8 Å². The van der Waals surface area contributed by atoms with Gasteiger partial charge >= 0.3 is 0 Å². The van der Waals surface area contributed by atoms with Crippen molar-refractivity contribution in [2.24, 2.45) is 0 Å². The fourth-order valence-corrected chi connectivity index (χ4v) is 1.48. The highest BCUT2D eigenvalue weighted by molar-refractivity contribution is 6.16. The third kappa shape index (κ3) is 3.24. The highest BCUT2D eigenvalue weighted by atomic mass is 16.3. The Balaban J connectivity index is 2.14. The van der Waals surface area contributed by atoms with Gasteiger partial charge in [-0.1, -0.05) is 0 Å². The molecule has 0 unspecified atom stereocenters. The van der Waals surface area contributed by atoms with Gasteiger partial charge in [-0.3, -0.25) is 9.59 Å². The molecule has 0 aliphatic heterocycles. The first kappa shape index (κ1) is 13.4. The summed E-state index contributed by atoms with van der Waals surface area (Å²) in [5, 5.41) is 18.2. The molecular weight excluding hydrogens is 256 g/mol. The van der Waals surface area contributed by atoms with E-state index >= 15 is 0 Å². The minimum atomic E-state index is -0.503. The summed E-state index contributed by atoms with van der Waals surface area (Å²) in [6.45, 7) is 0. The number of phenols is 2. The van der Waals surface area contributed by atoms with E-state index in [1.54, 1.807) is 0 Å². The lowest BCUT2D eigenvalue weighted by Gasteiger charge is -1.95. The van der Waals surface area contributed by atoms with Gasteiger partial charge in [-0.15, -0.1) is 0 Å². The number of ketones is 2. The van der Waals surface area contributed by atoms with Gasteiger partial charge in [-0.05, 0) is 60.4 Å². The molecule has 2 aromatic rings. The van der Waals surface area contributed by atoms with Crippen LogP contribution in [0.1, 0.15) is 20.7 Å². The Labute approximate surface area is 115 Å². The second-order valence-electron chi connectivity index (χ2n) is 4.00. The number of hydrogen-bond donors (Lipinski definition) is 2. The summed E-state index contributed by atoms with van der Waals surface area (Å²) in [5.41, 5.74) is 0.600. The average molecular weight is 266 g/mol. The molecule has 0 radical (unpaired) electrons. The summed E-state index contributed by atoms with van der Waals surface area (Å²) < 4.78 is 0. The molecule has 0 bridgehead atoms. The zero-order chi connectivity index (χ0) is 14.5. The monoisotopic (exact) mass is 266 g/mol. The minimum absolute atomic E-state index is 0.0506. The van der Waals surface area contributed by atoms with Crippen molar-refractivity contribution < 1.29 is 19.8 Å². The topological polar surface area (TPSA) is 74.6 Å². The van der Waals surface area contributed by atoms with Crippen LogP contribution in [0.2, 0.25) is 0 Å². The van der Waals surface area contributed by atoms with E-state index < -0.39 is 11.6 Å². The zero-order valence-electron chi connectivity index (χ0n) is 10.3. The summed E-state index contributed by atoms with van der Waals surface area (Å²) in [6, 6.07) is 11.2. The van der Waals surface area contributed by atoms with Crippen LogP contribution in [0.15, 0.2) is 48.5 Å². The molecule has 2 rings (SSSR count). The molecule has 4 heteroatoms. The number of carbonyl (C=O) groups is 2. The molecule has 0 atom stereocenters. The molecule has 0 saturated heterocycles. The van der Waals surface area contributed by atoms with E-state index in [-0.39, 0.29) is 11.5 Å². The molecule has 0 aromatic heterocycles. The summed E-state index contributed by atoms with van der Waals surface area (Å²) in [4.78, 5) is 23.4. The lowest BCUT2D eigenvalue weighted by Crippen LogP contribution is -1.98. The largest absolute Gasteiger partial charge is 0.508 e. The van der Waals surface area contributed by atoms with E-state index in [4.69, 9.17) is 10.2 Å². The highest BCUT2D eigenvalue weighted by Gasteiger charge is 2.04. The van der Waals surface area contributed by atoms with Crippen LogP contribution in [0, 0.1) is 11.8 Å². The van der Waals surface area contributed by atoms with E-state index in [1.165, 1.54) is 48.5 Å². The fraction of sp³-hybridized carbons (Fsp3) is 0. The second kappa shape index (κ2) is 5.72. The second-order valence-corrected chi connectivity index (χ2v) is 4.00. The maximum atomic E-state index is 11.7. The first-order chi connectivity index (χ1) is 9.56. The molecule has 20 heavy (non-hydrogen) atoms. The Kier molecular flexibility index (Phi) is 3.82. The number of hydrogen-bond acceptors (Lipinski definition) is 4. The van der Waals surface area contributed by atoms with Crippen molar-refractivity contribution in [1.82, 2.24) is 0 Å². The van der Waals surface area contributed by atoms with Crippen LogP contribution in [0.5, 0.6) is 11.5 Å². The molecule has 0 spiro atoms. The van der Waals surface area contributed by atoms with Crippen molar-refractivity contribution in [1.29, 1.82) is 0 Å². The number of Topliss-reactive ketones (excluding diaryl/α,β-unsaturated/α-hetero) is 2. The molecule has 98 valence electrons. The van der Waals surface area contributed by atoms with Gasteiger partial charge in [0.15, 0.2) is 0 Å². The number of rotatable bonds is 2. The number of phenolic OH excluding ortho intramolecular Hbond substituents is 2. The third-order valence-electron chi connectivity index (χ3n) is 2.55. The Bertz CT molecular complexity index is 639. The summed E-state index contributed by atoms with van der Waals surface area (Å²) in [6.07, 6.45) is 0. The predicted octanol–water partition coefficient (Wildman–Crippen LogP) is 2.17. The first-order valence-electron chi connectivity index (χ1n) is 5.75. The van der Waals surface area contributed by atoms with Crippen LogP contribution in [0.3, 0.4) is 0 Å². The van der Waals surface area contributed by atoms with Crippen LogP contribution in [0.4, 0.5) is 0 Å². The van der Waals surface area contributed by atoms with Crippen molar-refractivity contribution in [2.45, 2.75) is 0 Å². The highest BCUT2D eigenvalue weighted by Crippen LogP contribution is 2.11. The lowest BCUT2D eigenvalue weighted by molar-refractivity contribution is 0.103. The van der Waals surface area contributed by atoms with Crippen LogP contribution in [0.25, 0.3) is 0 Å². The molecule has 0 aliphatic carbocycles. The molecular formula is C16H10O4. The van der Waals surface area contributed by atoms with Gasteiger partial charge in [-0.2, -0.15) is 0 Å². The van der Waals surface area contributed by atoms with Gasteiger partial charge in [0.1, 0.15) is 11.5 Å². The first-order valence-corrected chi connectivity index (χ1v) is 5.75. The van der Waals surface area contributed by atoms with Crippen LogP contribution < -0.4 is 0 Å². The Hall–Kier alpha value is -3.06. The van der Waals surface area contributed by atoms with Gasteiger partial charge < -0.3 is 10.2 Å². The predicted molar refractivity (Wildman–Crippen MR) is 72.7 cm³/mol. The van der Waals surface area contributed by atoms with Gasteiger partial charge in [0.25, 0.3) is 0 Å². The molecule has 0 aliphatic rings. The standard InChI is InChI=1S/C16H10O4/c17-13-5-1-11(2-6-13)15(19)9-10-16(20)12-3-7-14(18)8-4-12/h1-8,17-18H. The van der Waals surface area contributed by atoms with Crippen molar-refractivity contribution in [3.05, 3.63) is 59.7 Å². The zero-order valence-corrected chi connectivity index (χ0v) is 10.3. The Morgan fingerprint density at radius 3 is 1.25 bits per heavy atom. The van der Waals surface area contributed by atoms with E-state index in [2.05, 4.69) is 11.8 Å². The number of benzene rings is 2. The quantitative estimate of drug-likeness (QED) is 0.496. The van der Waals surface area contributed by atoms with Crippen molar-refractivity contribution in [3.8, 4) is 23.3 Å². The van der Waals surface area contributed by atoms with E-state index in [0.29, 0.717) is 11.1 Å². The molecule has 2 aromatic carbocycles. The summed E-state index contributed by atoms with van der Waals surface area (Å²) >= 11 is 0.